The summed E-state index contributed by atoms with van der Waals surface area (Å²) in [7, 11) is -3.61. The lowest BCUT2D eigenvalue weighted by Crippen LogP contribution is -2.43. The molecule has 0 heterocycles. The molecule has 1 atom stereocenters. The highest BCUT2D eigenvalue weighted by molar-refractivity contribution is 7.89. The number of carbonyl (C=O) groups excluding carboxylic acids is 1. The van der Waals surface area contributed by atoms with Gasteiger partial charge in [0.1, 0.15) is 10.6 Å². The van der Waals surface area contributed by atoms with Crippen LogP contribution in [0.2, 0.25) is 0 Å². The molecule has 4 N–H and O–H groups in total. The van der Waals surface area contributed by atoms with E-state index >= 15 is 0 Å². The lowest BCUT2D eigenvalue weighted by Gasteiger charge is -2.26. The molecule has 158 valence electrons. The largest absolute Gasteiger partial charge is 0.495 e. The van der Waals surface area contributed by atoms with Crippen molar-refractivity contribution in [2.45, 2.75) is 49.1 Å². The molecule has 0 bridgehead atoms. The van der Waals surface area contributed by atoms with Crippen LogP contribution in [0.5, 0.6) is 5.75 Å². The SMILES string of the molecule is COc1cc(NC(=O)[C@@H](N)C2CCCCC2)ccc1S(=O)(=O)NC(F)(F)CF. The van der Waals surface area contributed by atoms with E-state index in [0.29, 0.717) is 0 Å². The molecule has 7 nitrogen and oxygen atoms in total. The Labute approximate surface area is 161 Å². The Kier molecular flexibility index (Phi) is 7.29. The van der Waals surface area contributed by atoms with Gasteiger partial charge in [0, 0.05) is 11.8 Å². The number of rotatable bonds is 8. The molecular formula is C17H24F3N3O4S. The molecule has 1 saturated carbocycles. The second-order valence-electron chi connectivity index (χ2n) is 6.72. The van der Waals surface area contributed by atoms with E-state index in [9.17, 15) is 26.4 Å². The third-order valence-corrected chi connectivity index (χ3v) is 6.12. The minimum atomic E-state index is -4.75. The van der Waals surface area contributed by atoms with Crippen LogP contribution in [0.3, 0.4) is 0 Å². The molecular weight excluding hydrogens is 399 g/mol. The fourth-order valence-electron chi connectivity index (χ4n) is 3.18. The van der Waals surface area contributed by atoms with Gasteiger partial charge < -0.3 is 15.8 Å². The molecule has 1 aromatic rings. The normalized spacial score (nSPS) is 17.2. The predicted molar refractivity (Wildman–Crippen MR) is 97.4 cm³/mol. The van der Waals surface area contributed by atoms with E-state index in [1.165, 1.54) is 12.1 Å². The van der Waals surface area contributed by atoms with E-state index in [0.717, 1.165) is 50.0 Å². The first kappa shape index (κ1) is 22.4. The molecule has 0 aromatic heterocycles. The molecule has 0 aliphatic heterocycles. The van der Waals surface area contributed by atoms with Gasteiger partial charge in [-0.1, -0.05) is 19.3 Å². The molecule has 0 unspecified atom stereocenters. The maximum absolute atomic E-state index is 13.1. The van der Waals surface area contributed by atoms with Crippen LogP contribution >= 0.6 is 0 Å². The summed E-state index contributed by atoms with van der Waals surface area (Å²) in [5, 5.41) is 2.58. The smallest absolute Gasteiger partial charge is 0.343 e. The van der Waals surface area contributed by atoms with Crippen molar-refractivity contribution < 1.29 is 31.1 Å². The van der Waals surface area contributed by atoms with Gasteiger partial charge in [0.15, 0.2) is 6.67 Å². The molecule has 0 saturated heterocycles. The number of carbonyl (C=O) groups is 1. The number of halogens is 3. The van der Waals surface area contributed by atoms with Crippen LogP contribution in [0.4, 0.5) is 18.9 Å². The standard InChI is InChI=1S/C17H24F3N3O4S/c1-27-13-9-12(22-16(24)15(21)11-5-3-2-4-6-11)7-8-14(13)28(25,26)23-17(19,20)10-18/h7-9,11,15,23H,2-6,10,21H2,1H3,(H,22,24)/t15-/m0/s1. The quantitative estimate of drug-likeness (QED) is 0.556. The maximum atomic E-state index is 13.1. The minimum Gasteiger partial charge on any atom is -0.495 e. The van der Waals surface area contributed by atoms with Gasteiger partial charge >= 0.3 is 6.05 Å². The summed E-state index contributed by atoms with van der Waals surface area (Å²) in [6.45, 7) is -2.19. The van der Waals surface area contributed by atoms with Gasteiger partial charge in [-0.3, -0.25) is 4.79 Å². The lowest BCUT2D eigenvalue weighted by atomic mass is 9.84. The zero-order valence-corrected chi connectivity index (χ0v) is 16.2. The van der Waals surface area contributed by atoms with E-state index in [2.05, 4.69) is 5.32 Å². The minimum absolute atomic E-state index is 0.0717. The second kappa shape index (κ2) is 9.10. The molecule has 11 heteroatoms. The zero-order valence-electron chi connectivity index (χ0n) is 15.4. The van der Waals surface area contributed by atoms with Crippen molar-refractivity contribution >= 4 is 21.6 Å². The number of nitrogens with one attached hydrogen (secondary N) is 2. The molecule has 1 aliphatic rings. The number of hydrogen-bond donors (Lipinski definition) is 3. The number of hydrogen-bond acceptors (Lipinski definition) is 5. The van der Waals surface area contributed by atoms with Crippen molar-refractivity contribution in [1.29, 1.82) is 0 Å². The highest BCUT2D eigenvalue weighted by Gasteiger charge is 2.36. The van der Waals surface area contributed by atoms with Crippen molar-refractivity contribution in [3.05, 3.63) is 18.2 Å². The van der Waals surface area contributed by atoms with E-state index in [1.807, 2.05) is 0 Å². The molecule has 1 amide bonds. The van der Waals surface area contributed by atoms with Gasteiger partial charge in [-0.15, -0.1) is 4.72 Å². The summed E-state index contributed by atoms with van der Waals surface area (Å²) < 4.78 is 68.6. The summed E-state index contributed by atoms with van der Waals surface area (Å²) in [5.74, 6) is -0.639. The second-order valence-corrected chi connectivity index (χ2v) is 8.37. The predicted octanol–water partition coefficient (Wildman–Crippen LogP) is 2.38. The van der Waals surface area contributed by atoms with Crippen molar-refractivity contribution in [2.24, 2.45) is 11.7 Å². The summed E-state index contributed by atoms with van der Waals surface area (Å²) in [5.41, 5.74) is 6.22. The highest BCUT2D eigenvalue weighted by Crippen LogP contribution is 2.30. The number of ether oxygens (including phenoxy) is 1. The summed E-state index contributed by atoms with van der Waals surface area (Å²) in [6, 6.07) is -1.58. The Hall–Kier alpha value is -1.85. The summed E-state index contributed by atoms with van der Waals surface area (Å²) in [6.07, 6.45) is 4.88. The Morgan fingerprint density at radius 2 is 1.96 bits per heavy atom. The Bertz CT molecular complexity index is 799. The Morgan fingerprint density at radius 1 is 1.32 bits per heavy atom. The number of methoxy groups -OCH3 is 1. The Balaban J connectivity index is 2.17. The van der Waals surface area contributed by atoms with E-state index in [4.69, 9.17) is 10.5 Å². The van der Waals surface area contributed by atoms with Crippen LogP contribution < -0.4 is 20.5 Å². The average molecular weight is 423 g/mol. The summed E-state index contributed by atoms with van der Waals surface area (Å²) in [4.78, 5) is 11.8. The van der Waals surface area contributed by atoms with Crippen molar-refractivity contribution in [3.63, 3.8) is 0 Å². The first-order valence-electron chi connectivity index (χ1n) is 8.82. The molecule has 0 radical (unpaired) electrons. The topological polar surface area (TPSA) is 111 Å². The third kappa shape index (κ3) is 5.58. The van der Waals surface area contributed by atoms with Gasteiger partial charge in [0.05, 0.1) is 13.2 Å². The van der Waals surface area contributed by atoms with E-state index in [-0.39, 0.29) is 17.4 Å². The van der Waals surface area contributed by atoms with Crippen LogP contribution in [-0.2, 0) is 14.8 Å². The molecule has 1 aliphatic carbocycles. The van der Waals surface area contributed by atoms with E-state index < -0.39 is 39.6 Å². The van der Waals surface area contributed by atoms with Gasteiger partial charge in [0.2, 0.25) is 15.9 Å². The molecule has 1 fully saturated rings. The number of alkyl halides is 3. The van der Waals surface area contributed by atoms with Gasteiger partial charge in [-0.05, 0) is 30.9 Å². The fraction of sp³-hybridized carbons (Fsp3) is 0.588. The van der Waals surface area contributed by atoms with Crippen LogP contribution in [-0.4, -0.2) is 40.2 Å². The van der Waals surface area contributed by atoms with Crippen molar-refractivity contribution in [2.75, 3.05) is 19.1 Å². The number of nitrogens with two attached hydrogens (primary N) is 1. The van der Waals surface area contributed by atoms with Crippen molar-refractivity contribution in [1.82, 2.24) is 4.72 Å². The molecule has 28 heavy (non-hydrogen) atoms. The average Bonchev–Trinajstić information content (AvgIpc) is 2.67. The third-order valence-electron chi connectivity index (χ3n) is 4.63. The number of sulfonamides is 1. The van der Waals surface area contributed by atoms with Gasteiger partial charge in [-0.2, -0.15) is 8.78 Å². The van der Waals surface area contributed by atoms with Gasteiger partial charge in [0.25, 0.3) is 0 Å². The fourth-order valence-corrected chi connectivity index (χ4v) is 4.39. The van der Waals surface area contributed by atoms with Gasteiger partial charge in [-0.25, -0.2) is 12.8 Å². The first-order chi connectivity index (χ1) is 13.1. The lowest BCUT2D eigenvalue weighted by molar-refractivity contribution is -0.118. The molecule has 0 spiro atoms. The Morgan fingerprint density at radius 3 is 2.54 bits per heavy atom. The van der Waals surface area contributed by atoms with Crippen LogP contribution in [0.25, 0.3) is 0 Å². The number of benzene rings is 1. The molecule has 1 aromatic carbocycles. The molecule has 2 rings (SSSR count). The summed E-state index contributed by atoms with van der Waals surface area (Å²) >= 11 is 0. The van der Waals surface area contributed by atoms with Crippen LogP contribution in [0.1, 0.15) is 32.1 Å². The van der Waals surface area contributed by atoms with Crippen LogP contribution in [0.15, 0.2) is 23.1 Å². The highest BCUT2D eigenvalue weighted by atomic mass is 32.2. The maximum Gasteiger partial charge on any atom is 0.343 e. The number of anilines is 1. The van der Waals surface area contributed by atoms with Crippen LogP contribution in [0, 0.1) is 5.92 Å². The van der Waals surface area contributed by atoms with Crippen molar-refractivity contribution in [3.8, 4) is 5.75 Å². The monoisotopic (exact) mass is 423 g/mol. The zero-order chi connectivity index (χ0) is 20.9. The van der Waals surface area contributed by atoms with E-state index in [1.54, 1.807) is 0 Å². The number of amides is 1. The first-order valence-corrected chi connectivity index (χ1v) is 10.3.